The molecule has 0 spiro atoms. The lowest BCUT2D eigenvalue weighted by Gasteiger charge is -2.28. The standard InChI is InChI=1S/C60H38N2O/c1-4-17-46-39(14-1)30-37-54-53-24-13-23-52(60(53)63-59(46)54)51-22-9-10-25-56(51)61(43-33-35-44(36-34-43)62-57-26-11-7-20-49(57)50-21-8-12-27-58(50)62)42-31-28-40(29-32-42)55-38-41-15-2-3-16-45(41)47-18-5-6-19-48(47)55/h1-38H. The Morgan fingerprint density at radius 3 is 1.60 bits per heavy atom. The molecule has 294 valence electrons. The van der Waals surface area contributed by atoms with E-state index < -0.39 is 0 Å². The van der Waals surface area contributed by atoms with E-state index in [4.69, 9.17) is 4.42 Å². The highest BCUT2D eigenvalue weighted by Crippen LogP contribution is 2.46. The van der Waals surface area contributed by atoms with Gasteiger partial charge in [0.05, 0.1) is 16.7 Å². The average Bonchev–Trinajstić information content (AvgIpc) is 3.91. The van der Waals surface area contributed by atoms with E-state index in [0.717, 1.165) is 61.2 Å². The minimum absolute atomic E-state index is 0.886. The summed E-state index contributed by atoms with van der Waals surface area (Å²) >= 11 is 0. The summed E-state index contributed by atoms with van der Waals surface area (Å²) in [5.74, 6) is 0. The maximum atomic E-state index is 6.93. The fraction of sp³-hybridized carbons (Fsp3) is 0. The van der Waals surface area contributed by atoms with Gasteiger partial charge in [-0.3, -0.25) is 0 Å². The van der Waals surface area contributed by atoms with Crippen molar-refractivity contribution in [2.24, 2.45) is 0 Å². The first-order chi connectivity index (χ1) is 31.3. The Balaban J connectivity index is 1.000. The van der Waals surface area contributed by atoms with E-state index >= 15 is 0 Å². The van der Waals surface area contributed by atoms with Gasteiger partial charge in [-0.25, -0.2) is 0 Å². The molecule has 0 radical (unpaired) electrons. The number of hydrogen-bond acceptors (Lipinski definition) is 2. The van der Waals surface area contributed by atoms with Crippen LogP contribution in [0.15, 0.2) is 235 Å². The van der Waals surface area contributed by atoms with Gasteiger partial charge in [0.25, 0.3) is 0 Å². The summed E-state index contributed by atoms with van der Waals surface area (Å²) in [7, 11) is 0. The van der Waals surface area contributed by atoms with Crippen LogP contribution in [0.1, 0.15) is 0 Å². The average molecular weight is 803 g/mol. The normalized spacial score (nSPS) is 11.8. The lowest BCUT2D eigenvalue weighted by atomic mass is 9.93. The highest BCUT2D eigenvalue weighted by Gasteiger charge is 2.22. The molecule has 0 saturated carbocycles. The summed E-state index contributed by atoms with van der Waals surface area (Å²) in [6.07, 6.45) is 0. The quantitative estimate of drug-likeness (QED) is 0.156. The Bertz CT molecular complexity index is 3860. The molecule has 0 amide bonds. The second kappa shape index (κ2) is 14.1. The van der Waals surface area contributed by atoms with Crippen molar-refractivity contribution < 1.29 is 4.42 Å². The monoisotopic (exact) mass is 802 g/mol. The fourth-order valence-electron chi connectivity index (χ4n) is 10.1. The number of benzene rings is 11. The first kappa shape index (κ1) is 35.4. The molecule has 13 aromatic rings. The third-order valence-corrected chi connectivity index (χ3v) is 13.0. The van der Waals surface area contributed by atoms with Crippen molar-refractivity contribution in [3.05, 3.63) is 231 Å². The number of hydrogen-bond donors (Lipinski definition) is 0. The van der Waals surface area contributed by atoms with E-state index in [-0.39, 0.29) is 0 Å². The number of nitrogens with zero attached hydrogens (tertiary/aromatic N) is 2. The van der Waals surface area contributed by atoms with Gasteiger partial charge in [-0.2, -0.15) is 0 Å². The lowest BCUT2D eigenvalue weighted by molar-refractivity contribution is 0.674. The Labute approximate surface area is 363 Å². The van der Waals surface area contributed by atoms with Crippen LogP contribution in [0.25, 0.3) is 104 Å². The van der Waals surface area contributed by atoms with Crippen LogP contribution in [-0.2, 0) is 0 Å². The van der Waals surface area contributed by atoms with Crippen LogP contribution in [0, 0.1) is 0 Å². The summed E-state index contributed by atoms with van der Waals surface area (Å²) in [4.78, 5) is 2.39. The van der Waals surface area contributed by atoms with Crippen LogP contribution in [0.2, 0.25) is 0 Å². The Hall–Kier alpha value is -8.40. The number of rotatable bonds is 6. The molecule has 2 aromatic heterocycles. The van der Waals surface area contributed by atoms with E-state index in [1.807, 2.05) is 0 Å². The number of anilines is 3. The molecule has 11 aromatic carbocycles. The van der Waals surface area contributed by atoms with Crippen LogP contribution >= 0.6 is 0 Å². The van der Waals surface area contributed by atoms with Crippen molar-refractivity contribution in [1.82, 2.24) is 4.57 Å². The minimum atomic E-state index is 0.886. The first-order valence-electron chi connectivity index (χ1n) is 21.6. The highest BCUT2D eigenvalue weighted by molar-refractivity contribution is 6.18. The van der Waals surface area contributed by atoms with Crippen LogP contribution in [-0.4, -0.2) is 4.57 Å². The van der Waals surface area contributed by atoms with Gasteiger partial charge in [-0.15, -0.1) is 0 Å². The molecule has 0 bridgehead atoms. The van der Waals surface area contributed by atoms with Gasteiger partial charge in [0.15, 0.2) is 0 Å². The van der Waals surface area contributed by atoms with Crippen LogP contribution in [0.4, 0.5) is 17.1 Å². The molecule has 0 fully saturated rings. The van der Waals surface area contributed by atoms with Crippen molar-refractivity contribution in [2.75, 3.05) is 4.90 Å². The molecule has 0 saturated heterocycles. The third kappa shape index (κ3) is 5.53. The SMILES string of the molecule is c1ccc(N(c2ccc(-c3cc4ccccc4c4ccccc34)cc2)c2ccc(-n3c4ccccc4c4ccccc43)cc2)c(-c2cccc3c2oc2c4ccccc4ccc32)c1. The van der Waals surface area contributed by atoms with E-state index in [1.165, 1.54) is 59.9 Å². The zero-order chi connectivity index (χ0) is 41.4. The molecular weight excluding hydrogens is 765 g/mol. The van der Waals surface area contributed by atoms with Gasteiger partial charge >= 0.3 is 0 Å². The molecule has 63 heavy (non-hydrogen) atoms. The second-order valence-electron chi connectivity index (χ2n) is 16.4. The topological polar surface area (TPSA) is 21.3 Å². The van der Waals surface area contributed by atoms with E-state index in [1.54, 1.807) is 0 Å². The van der Waals surface area contributed by atoms with Gasteiger partial charge in [0, 0.05) is 55.1 Å². The van der Waals surface area contributed by atoms with Crippen LogP contribution in [0.3, 0.4) is 0 Å². The number of para-hydroxylation sites is 4. The van der Waals surface area contributed by atoms with Crippen molar-refractivity contribution in [3.63, 3.8) is 0 Å². The largest absolute Gasteiger partial charge is 0.455 e. The molecule has 0 aliphatic carbocycles. The predicted octanol–water partition coefficient (Wildman–Crippen LogP) is 16.9. The Kier molecular flexibility index (Phi) is 7.91. The van der Waals surface area contributed by atoms with Crippen molar-refractivity contribution in [3.8, 4) is 27.9 Å². The minimum Gasteiger partial charge on any atom is -0.455 e. The molecule has 0 aliphatic rings. The van der Waals surface area contributed by atoms with Gasteiger partial charge in [0.2, 0.25) is 0 Å². The molecule has 13 rings (SSSR count). The summed E-state index contributed by atoms with van der Waals surface area (Å²) < 4.78 is 9.31. The van der Waals surface area contributed by atoms with Crippen LogP contribution < -0.4 is 4.90 Å². The molecule has 2 heterocycles. The first-order valence-corrected chi connectivity index (χ1v) is 21.6. The number of furan rings is 1. The van der Waals surface area contributed by atoms with Gasteiger partial charge < -0.3 is 13.9 Å². The molecule has 3 nitrogen and oxygen atoms in total. The van der Waals surface area contributed by atoms with Crippen LogP contribution in [0.5, 0.6) is 0 Å². The number of aromatic nitrogens is 1. The highest BCUT2D eigenvalue weighted by atomic mass is 16.3. The summed E-state index contributed by atoms with van der Waals surface area (Å²) in [6, 6.07) is 83.4. The van der Waals surface area contributed by atoms with E-state index in [2.05, 4.69) is 240 Å². The van der Waals surface area contributed by atoms with E-state index in [0.29, 0.717) is 0 Å². The number of fused-ring (bicyclic) bond motifs is 11. The van der Waals surface area contributed by atoms with Crippen molar-refractivity contribution in [2.45, 2.75) is 0 Å². The summed E-state index contributed by atoms with van der Waals surface area (Å²) in [5.41, 5.74) is 13.0. The van der Waals surface area contributed by atoms with Gasteiger partial charge in [-0.05, 0) is 105 Å². The lowest BCUT2D eigenvalue weighted by Crippen LogP contribution is -2.11. The zero-order valence-electron chi connectivity index (χ0n) is 34.2. The van der Waals surface area contributed by atoms with Crippen molar-refractivity contribution in [1.29, 1.82) is 0 Å². The molecule has 0 N–H and O–H groups in total. The Morgan fingerprint density at radius 2 is 0.857 bits per heavy atom. The fourth-order valence-corrected chi connectivity index (χ4v) is 10.1. The predicted molar refractivity (Wildman–Crippen MR) is 266 cm³/mol. The maximum absolute atomic E-state index is 6.93. The van der Waals surface area contributed by atoms with Crippen molar-refractivity contribution >= 4 is 93.1 Å². The summed E-state index contributed by atoms with van der Waals surface area (Å²) in [6.45, 7) is 0. The van der Waals surface area contributed by atoms with Gasteiger partial charge in [0.1, 0.15) is 11.2 Å². The maximum Gasteiger partial charge on any atom is 0.143 e. The zero-order valence-corrected chi connectivity index (χ0v) is 34.2. The van der Waals surface area contributed by atoms with E-state index in [9.17, 15) is 0 Å². The molecule has 3 heteroatoms. The molecule has 0 atom stereocenters. The smallest absolute Gasteiger partial charge is 0.143 e. The molecule has 0 unspecified atom stereocenters. The molecule has 0 aliphatic heterocycles. The third-order valence-electron chi connectivity index (χ3n) is 13.0. The summed E-state index contributed by atoms with van der Waals surface area (Å²) in [5, 5.41) is 12.0. The van der Waals surface area contributed by atoms with Gasteiger partial charge in [-0.1, -0.05) is 164 Å². The second-order valence-corrected chi connectivity index (χ2v) is 16.4. The Morgan fingerprint density at radius 1 is 0.317 bits per heavy atom. The molecular formula is C60H38N2O.